The monoisotopic (exact) mass is 211 g/mol. The summed E-state index contributed by atoms with van der Waals surface area (Å²) in [6.45, 7) is 4.34. The fourth-order valence-electron chi connectivity index (χ4n) is 2.12. The second-order valence-corrected chi connectivity index (χ2v) is 4.85. The van der Waals surface area contributed by atoms with Crippen LogP contribution in [0.25, 0.3) is 0 Å². The summed E-state index contributed by atoms with van der Waals surface area (Å²) < 4.78 is 0. The fourth-order valence-corrected chi connectivity index (χ4v) is 2.12. The SMILES string of the molecule is CC1C(N)CCN1C(=O)CNCC1CC1. The van der Waals surface area contributed by atoms with Gasteiger partial charge in [0.15, 0.2) is 0 Å². The van der Waals surface area contributed by atoms with Crippen LogP contribution in [0.5, 0.6) is 0 Å². The standard InChI is InChI=1S/C11H21N3O/c1-8-10(12)4-5-14(8)11(15)7-13-6-9-2-3-9/h8-10,13H,2-7,12H2,1H3. The van der Waals surface area contributed by atoms with Crippen LogP contribution in [0.15, 0.2) is 0 Å². The van der Waals surface area contributed by atoms with Crippen LogP contribution in [0.2, 0.25) is 0 Å². The van der Waals surface area contributed by atoms with E-state index in [2.05, 4.69) is 5.32 Å². The fraction of sp³-hybridized carbons (Fsp3) is 0.909. The molecule has 86 valence electrons. The molecule has 2 aliphatic rings. The Hall–Kier alpha value is -0.610. The van der Waals surface area contributed by atoms with Gasteiger partial charge in [0, 0.05) is 18.6 Å². The lowest BCUT2D eigenvalue weighted by Crippen LogP contribution is -2.44. The number of amides is 1. The van der Waals surface area contributed by atoms with Crippen LogP contribution in [0, 0.1) is 5.92 Å². The van der Waals surface area contributed by atoms with Crippen molar-refractivity contribution in [3.05, 3.63) is 0 Å². The molecule has 0 bridgehead atoms. The van der Waals surface area contributed by atoms with Crippen molar-refractivity contribution >= 4 is 5.91 Å². The van der Waals surface area contributed by atoms with Gasteiger partial charge in [-0.15, -0.1) is 0 Å². The Morgan fingerprint density at radius 2 is 2.20 bits per heavy atom. The van der Waals surface area contributed by atoms with Gasteiger partial charge in [0.2, 0.25) is 5.91 Å². The van der Waals surface area contributed by atoms with E-state index in [1.54, 1.807) is 0 Å². The predicted octanol–water partition coefficient (Wildman–Crippen LogP) is -0.0659. The first-order valence-corrected chi connectivity index (χ1v) is 5.94. The highest BCUT2D eigenvalue weighted by Gasteiger charge is 2.31. The molecule has 3 N–H and O–H groups in total. The van der Waals surface area contributed by atoms with E-state index >= 15 is 0 Å². The molecule has 0 spiro atoms. The van der Waals surface area contributed by atoms with E-state index in [9.17, 15) is 4.79 Å². The smallest absolute Gasteiger partial charge is 0.236 e. The Morgan fingerprint density at radius 3 is 2.73 bits per heavy atom. The van der Waals surface area contributed by atoms with Crippen molar-refractivity contribution in [3.8, 4) is 0 Å². The third kappa shape index (κ3) is 2.69. The summed E-state index contributed by atoms with van der Waals surface area (Å²) in [6.07, 6.45) is 3.59. The third-order valence-corrected chi connectivity index (χ3v) is 3.54. The highest BCUT2D eigenvalue weighted by atomic mass is 16.2. The first-order valence-electron chi connectivity index (χ1n) is 5.94. The lowest BCUT2D eigenvalue weighted by molar-refractivity contribution is -0.130. The van der Waals surface area contributed by atoms with Crippen LogP contribution >= 0.6 is 0 Å². The van der Waals surface area contributed by atoms with Crippen LogP contribution in [-0.4, -0.2) is 42.5 Å². The topological polar surface area (TPSA) is 58.4 Å². The summed E-state index contributed by atoms with van der Waals surface area (Å²) in [6, 6.07) is 0.373. The predicted molar refractivity (Wildman–Crippen MR) is 59.4 cm³/mol. The molecular weight excluding hydrogens is 190 g/mol. The Labute approximate surface area is 91.2 Å². The molecule has 4 heteroatoms. The summed E-state index contributed by atoms with van der Waals surface area (Å²) in [4.78, 5) is 13.7. The second kappa shape index (κ2) is 4.49. The van der Waals surface area contributed by atoms with Gasteiger partial charge in [0.05, 0.1) is 6.54 Å². The van der Waals surface area contributed by atoms with E-state index in [1.165, 1.54) is 12.8 Å². The zero-order valence-electron chi connectivity index (χ0n) is 9.41. The molecule has 0 aromatic rings. The zero-order chi connectivity index (χ0) is 10.8. The van der Waals surface area contributed by atoms with Crippen molar-refractivity contribution in [1.29, 1.82) is 0 Å². The van der Waals surface area contributed by atoms with Gasteiger partial charge in [-0.05, 0) is 38.6 Å². The Kier molecular flexibility index (Phi) is 3.26. The van der Waals surface area contributed by atoms with Gasteiger partial charge in [-0.2, -0.15) is 0 Å². The lowest BCUT2D eigenvalue weighted by Gasteiger charge is -2.23. The molecule has 2 rings (SSSR count). The van der Waals surface area contributed by atoms with Gasteiger partial charge in [-0.25, -0.2) is 0 Å². The van der Waals surface area contributed by atoms with Crippen molar-refractivity contribution in [1.82, 2.24) is 10.2 Å². The van der Waals surface area contributed by atoms with Gasteiger partial charge < -0.3 is 16.0 Å². The Morgan fingerprint density at radius 1 is 1.47 bits per heavy atom. The number of hydrogen-bond donors (Lipinski definition) is 2. The summed E-state index contributed by atoms with van der Waals surface area (Å²) in [5, 5.41) is 3.23. The minimum absolute atomic E-state index is 0.164. The normalized spacial score (nSPS) is 30.9. The van der Waals surface area contributed by atoms with E-state index in [0.717, 1.165) is 25.4 Å². The molecule has 4 nitrogen and oxygen atoms in total. The minimum Gasteiger partial charge on any atom is -0.337 e. The van der Waals surface area contributed by atoms with E-state index in [-0.39, 0.29) is 18.0 Å². The number of nitrogens with zero attached hydrogens (tertiary/aromatic N) is 1. The van der Waals surface area contributed by atoms with Crippen LogP contribution in [-0.2, 0) is 4.79 Å². The van der Waals surface area contributed by atoms with Gasteiger partial charge in [-0.3, -0.25) is 4.79 Å². The van der Waals surface area contributed by atoms with Crippen molar-refractivity contribution in [2.45, 2.75) is 38.3 Å². The Bertz CT molecular complexity index is 240. The van der Waals surface area contributed by atoms with Crippen molar-refractivity contribution in [2.75, 3.05) is 19.6 Å². The summed E-state index contributed by atoms with van der Waals surface area (Å²) >= 11 is 0. The molecule has 1 aliphatic carbocycles. The number of rotatable bonds is 4. The van der Waals surface area contributed by atoms with E-state index in [4.69, 9.17) is 5.73 Å². The maximum atomic E-state index is 11.8. The average molecular weight is 211 g/mol. The maximum absolute atomic E-state index is 11.8. The van der Waals surface area contributed by atoms with Crippen molar-refractivity contribution < 1.29 is 4.79 Å². The molecule has 15 heavy (non-hydrogen) atoms. The van der Waals surface area contributed by atoms with Crippen LogP contribution < -0.4 is 11.1 Å². The number of nitrogens with two attached hydrogens (primary N) is 1. The lowest BCUT2D eigenvalue weighted by atomic mass is 10.2. The quantitative estimate of drug-likeness (QED) is 0.684. The van der Waals surface area contributed by atoms with Gasteiger partial charge in [-0.1, -0.05) is 0 Å². The van der Waals surface area contributed by atoms with Crippen LogP contribution in [0.1, 0.15) is 26.2 Å². The molecule has 1 heterocycles. The van der Waals surface area contributed by atoms with Crippen LogP contribution in [0.4, 0.5) is 0 Å². The molecule has 0 aromatic heterocycles. The maximum Gasteiger partial charge on any atom is 0.236 e. The van der Waals surface area contributed by atoms with Gasteiger partial charge in [0.25, 0.3) is 0 Å². The van der Waals surface area contributed by atoms with Crippen molar-refractivity contribution in [2.24, 2.45) is 11.7 Å². The third-order valence-electron chi connectivity index (χ3n) is 3.54. The zero-order valence-corrected chi connectivity index (χ0v) is 9.41. The highest BCUT2D eigenvalue weighted by Crippen LogP contribution is 2.27. The Balaban J connectivity index is 1.70. The first-order chi connectivity index (χ1) is 7.18. The van der Waals surface area contributed by atoms with E-state index in [1.807, 2.05) is 11.8 Å². The number of carbonyl (C=O) groups is 1. The molecule has 1 amide bonds. The largest absolute Gasteiger partial charge is 0.337 e. The second-order valence-electron chi connectivity index (χ2n) is 4.85. The number of hydrogen-bond acceptors (Lipinski definition) is 3. The van der Waals surface area contributed by atoms with Gasteiger partial charge in [0.1, 0.15) is 0 Å². The molecule has 1 saturated carbocycles. The highest BCUT2D eigenvalue weighted by molar-refractivity contribution is 5.79. The number of nitrogens with one attached hydrogen (secondary N) is 1. The molecular formula is C11H21N3O. The molecule has 0 aromatic carbocycles. The molecule has 0 radical (unpaired) electrons. The molecule has 1 saturated heterocycles. The average Bonchev–Trinajstić information content (AvgIpc) is 2.96. The summed E-state index contributed by atoms with van der Waals surface area (Å²) in [7, 11) is 0. The van der Waals surface area contributed by atoms with Crippen molar-refractivity contribution in [3.63, 3.8) is 0 Å². The summed E-state index contributed by atoms with van der Waals surface area (Å²) in [5.41, 5.74) is 5.88. The molecule has 1 aliphatic heterocycles. The number of carbonyl (C=O) groups excluding carboxylic acids is 1. The van der Waals surface area contributed by atoms with Crippen LogP contribution in [0.3, 0.4) is 0 Å². The van der Waals surface area contributed by atoms with E-state index < -0.39 is 0 Å². The summed E-state index contributed by atoms with van der Waals surface area (Å²) in [5.74, 6) is 1.03. The first kappa shape index (κ1) is 10.9. The molecule has 2 fully saturated rings. The molecule has 2 unspecified atom stereocenters. The number of likely N-dealkylation sites (tertiary alicyclic amines) is 1. The molecule has 2 atom stereocenters. The van der Waals surface area contributed by atoms with E-state index in [0.29, 0.717) is 6.54 Å². The minimum atomic E-state index is 0.164. The van der Waals surface area contributed by atoms with Gasteiger partial charge >= 0.3 is 0 Å².